The molecule has 1 rings (SSSR count). The first-order valence-corrected chi connectivity index (χ1v) is 5.91. The first kappa shape index (κ1) is 13.5. The van der Waals surface area contributed by atoms with E-state index >= 15 is 0 Å². The summed E-state index contributed by atoms with van der Waals surface area (Å²) in [5.41, 5.74) is 4.78. The molecule has 0 spiro atoms. The standard InChI is InChI=1S/C12H16Cl2N2/c1-3-8(2)6-12(16-15)10-7-9(13)4-5-11(10)14/h4-5,7,12,16H,2-3,6,15H2,1H3. The Labute approximate surface area is 106 Å². The van der Waals surface area contributed by atoms with Crippen molar-refractivity contribution in [3.63, 3.8) is 0 Å². The fourth-order valence-electron chi connectivity index (χ4n) is 1.47. The molecule has 1 aromatic rings. The molecule has 0 aliphatic carbocycles. The van der Waals surface area contributed by atoms with Gasteiger partial charge < -0.3 is 0 Å². The number of benzene rings is 1. The molecule has 0 bridgehead atoms. The molecule has 16 heavy (non-hydrogen) atoms. The second-order valence-corrected chi connectivity index (χ2v) is 4.54. The topological polar surface area (TPSA) is 38.0 Å². The molecule has 4 heteroatoms. The van der Waals surface area contributed by atoms with Crippen molar-refractivity contribution in [3.8, 4) is 0 Å². The number of hydrogen-bond acceptors (Lipinski definition) is 2. The van der Waals surface area contributed by atoms with E-state index in [9.17, 15) is 0 Å². The van der Waals surface area contributed by atoms with Crippen LogP contribution in [0.3, 0.4) is 0 Å². The lowest BCUT2D eigenvalue weighted by Gasteiger charge is -2.18. The molecular formula is C12H16Cl2N2. The van der Waals surface area contributed by atoms with E-state index in [1.165, 1.54) is 0 Å². The second-order valence-electron chi connectivity index (χ2n) is 3.69. The van der Waals surface area contributed by atoms with Gasteiger partial charge in [0, 0.05) is 10.0 Å². The van der Waals surface area contributed by atoms with Gasteiger partial charge in [-0.3, -0.25) is 11.3 Å². The summed E-state index contributed by atoms with van der Waals surface area (Å²) in [6, 6.07) is 5.32. The van der Waals surface area contributed by atoms with Crippen molar-refractivity contribution in [2.45, 2.75) is 25.8 Å². The zero-order valence-corrected chi connectivity index (χ0v) is 10.8. The molecule has 0 aromatic heterocycles. The van der Waals surface area contributed by atoms with Gasteiger partial charge in [-0.1, -0.05) is 42.3 Å². The summed E-state index contributed by atoms with van der Waals surface area (Å²) in [5, 5.41) is 1.32. The molecule has 1 atom stereocenters. The highest BCUT2D eigenvalue weighted by molar-refractivity contribution is 6.33. The SMILES string of the molecule is C=C(CC)CC(NN)c1cc(Cl)ccc1Cl. The van der Waals surface area contributed by atoms with Gasteiger partial charge in [-0.05, 0) is 36.6 Å². The summed E-state index contributed by atoms with van der Waals surface area (Å²) >= 11 is 12.1. The van der Waals surface area contributed by atoms with Crippen LogP contribution in [0.15, 0.2) is 30.4 Å². The Bertz CT molecular complexity index is 377. The van der Waals surface area contributed by atoms with Crippen LogP contribution in [0.1, 0.15) is 31.4 Å². The lowest BCUT2D eigenvalue weighted by Crippen LogP contribution is -2.28. The third-order valence-electron chi connectivity index (χ3n) is 2.53. The predicted molar refractivity (Wildman–Crippen MR) is 70.6 cm³/mol. The Morgan fingerprint density at radius 3 is 2.75 bits per heavy atom. The number of hydrogen-bond donors (Lipinski definition) is 2. The molecule has 1 aromatic carbocycles. The van der Waals surface area contributed by atoms with Crippen molar-refractivity contribution < 1.29 is 0 Å². The normalized spacial score (nSPS) is 12.5. The van der Waals surface area contributed by atoms with Crippen LogP contribution in [0.5, 0.6) is 0 Å². The Kier molecular flexibility index (Phi) is 5.29. The second kappa shape index (κ2) is 6.26. The van der Waals surface area contributed by atoms with Crippen molar-refractivity contribution in [2.75, 3.05) is 0 Å². The first-order valence-electron chi connectivity index (χ1n) is 5.16. The maximum absolute atomic E-state index is 6.11. The van der Waals surface area contributed by atoms with Crippen molar-refractivity contribution in [1.29, 1.82) is 0 Å². The van der Waals surface area contributed by atoms with Crippen molar-refractivity contribution in [1.82, 2.24) is 5.43 Å². The van der Waals surface area contributed by atoms with E-state index in [2.05, 4.69) is 18.9 Å². The molecule has 0 saturated heterocycles. The van der Waals surface area contributed by atoms with Crippen LogP contribution in [0.25, 0.3) is 0 Å². The van der Waals surface area contributed by atoms with Crippen LogP contribution in [0, 0.1) is 0 Å². The van der Waals surface area contributed by atoms with Gasteiger partial charge in [0.15, 0.2) is 0 Å². The molecule has 0 fully saturated rings. The molecule has 0 saturated carbocycles. The number of rotatable bonds is 5. The predicted octanol–water partition coefficient (Wildman–Crippen LogP) is 3.85. The van der Waals surface area contributed by atoms with E-state index in [-0.39, 0.29) is 6.04 Å². The lowest BCUT2D eigenvalue weighted by molar-refractivity contribution is 0.545. The van der Waals surface area contributed by atoms with E-state index in [0.717, 1.165) is 24.0 Å². The fraction of sp³-hybridized carbons (Fsp3) is 0.333. The summed E-state index contributed by atoms with van der Waals surface area (Å²) in [5.74, 6) is 5.53. The Morgan fingerprint density at radius 1 is 1.50 bits per heavy atom. The zero-order valence-electron chi connectivity index (χ0n) is 9.26. The van der Waals surface area contributed by atoms with Gasteiger partial charge >= 0.3 is 0 Å². The van der Waals surface area contributed by atoms with E-state index in [0.29, 0.717) is 10.0 Å². The summed E-state index contributed by atoms with van der Waals surface area (Å²) in [6.07, 6.45) is 1.68. The average molecular weight is 259 g/mol. The highest BCUT2D eigenvalue weighted by Gasteiger charge is 2.14. The number of nitrogens with one attached hydrogen (secondary N) is 1. The van der Waals surface area contributed by atoms with Gasteiger partial charge in [0.05, 0.1) is 6.04 Å². The van der Waals surface area contributed by atoms with Gasteiger partial charge in [-0.15, -0.1) is 0 Å². The summed E-state index contributed by atoms with van der Waals surface area (Å²) in [7, 11) is 0. The highest BCUT2D eigenvalue weighted by atomic mass is 35.5. The number of nitrogens with two attached hydrogens (primary N) is 1. The third kappa shape index (κ3) is 3.49. The molecule has 1 unspecified atom stereocenters. The van der Waals surface area contributed by atoms with E-state index in [1.54, 1.807) is 12.1 Å². The summed E-state index contributed by atoms with van der Waals surface area (Å²) in [6.45, 7) is 6.03. The quantitative estimate of drug-likeness (QED) is 0.478. The van der Waals surface area contributed by atoms with Crippen LogP contribution in [0.4, 0.5) is 0 Å². The van der Waals surface area contributed by atoms with Crippen LogP contribution in [0.2, 0.25) is 10.0 Å². The van der Waals surface area contributed by atoms with E-state index < -0.39 is 0 Å². The summed E-state index contributed by atoms with van der Waals surface area (Å²) < 4.78 is 0. The maximum Gasteiger partial charge on any atom is 0.0512 e. The van der Waals surface area contributed by atoms with Crippen molar-refractivity contribution in [2.24, 2.45) is 5.84 Å². The molecule has 3 N–H and O–H groups in total. The number of halogens is 2. The number of hydrazine groups is 1. The van der Waals surface area contributed by atoms with Crippen LogP contribution in [-0.2, 0) is 0 Å². The highest BCUT2D eigenvalue weighted by Crippen LogP contribution is 2.29. The van der Waals surface area contributed by atoms with Gasteiger partial charge in [0.2, 0.25) is 0 Å². The smallest absolute Gasteiger partial charge is 0.0512 e. The molecule has 2 nitrogen and oxygen atoms in total. The van der Waals surface area contributed by atoms with Gasteiger partial charge in [0.25, 0.3) is 0 Å². The summed E-state index contributed by atoms with van der Waals surface area (Å²) in [4.78, 5) is 0. The van der Waals surface area contributed by atoms with Crippen LogP contribution in [-0.4, -0.2) is 0 Å². The lowest BCUT2D eigenvalue weighted by atomic mass is 9.99. The zero-order chi connectivity index (χ0) is 12.1. The van der Waals surface area contributed by atoms with Gasteiger partial charge in [0.1, 0.15) is 0 Å². The van der Waals surface area contributed by atoms with Crippen molar-refractivity contribution in [3.05, 3.63) is 46.0 Å². The minimum atomic E-state index is -0.0429. The minimum absolute atomic E-state index is 0.0429. The van der Waals surface area contributed by atoms with Crippen LogP contribution < -0.4 is 11.3 Å². The van der Waals surface area contributed by atoms with Crippen LogP contribution >= 0.6 is 23.2 Å². The molecule has 88 valence electrons. The molecular weight excluding hydrogens is 243 g/mol. The molecule has 0 aliphatic rings. The van der Waals surface area contributed by atoms with E-state index in [4.69, 9.17) is 29.0 Å². The molecule has 0 heterocycles. The first-order chi connectivity index (χ1) is 7.58. The largest absolute Gasteiger partial charge is 0.271 e. The van der Waals surface area contributed by atoms with Gasteiger partial charge in [-0.25, -0.2) is 0 Å². The molecule has 0 radical (unpaired) electrons. The third-order valence-corrected chi connectivity index (χ3v) is 3.11. The Hall–Kier alpha value is -0.540. The average Bonchev–Trinajstić information content (AvgIpc) is 2.29. The van der Waals surface area contributed by atoms with E-state index in [1.807, 2.05) is 6.07 Å². The fourth-order valence-corrected chi connectivity index (χ4v) is 1.90. The molecule has 0 aliphatic heterocycles. The molecule has 0 amide bonds. The Balaban J connectivity index is 2.94. The monoisotopic (exact) mass is 258 g/mol. The minimum Gasteiger partial charge on any atom is -0.271 e. The Morgan fingerprint density at radius 2 is 2.19 bits per heavy atom. The van der Waals surface area contributed by atoms with Crippen molar-refractivity contribution >= 4 is 23.2 Å². The van der Waals surface area contributed by atoms with Gasteiger partial charge in [-0.2, -0.15) is 0 Å². The maximum atomic E-state index is 6.11.